The molecule has 0 saturated carbocycles. The summed E-state index contributed by atoms with van der Waals surface area (Å²) in [4.78, 5) is 11.5. The number of aromatic nitrogens is 2. The Bertz CT molecular complexity index is 422. The highest BCUT2D eigenvalue weighted by molar-refractivity contribution is 5.91. The summed E-state index contributed by atoms with van der Waals surface area (Å²) in [6, 6.07) is 0. The Labute approximate surface area is 108 Å². The Morgan fingerprint density at radius 3 is 2.94 bits per heavy atom. The molecule has 0 aliphatic heterocycles. The van der Waals surface area contributed by atoms with Crippen LogP contribution in [-0.2, 0) is 11.8 Å². The van der Waals surface area contributed by atoms with Gasteiger partial charge in [0.1, 0.15) is 0 Å². The quantitative estimate of drug-likeness (QED) is 0.744. The molecule has 1 rings (SSSR count). The van der Waals surface area contributed by atoms with E-state index in [1.54, 1.807) is 23.9 Å². The van der Waals surface area contributed by atoms with Crippen molar-refractivity contribution in [1.82, 2.24) is 15.1 Å². The molecule has 1 unspecified atom stereocenters. The minimum absolute atomic E-state index is 0.213. The van der Waals surface area contributed by atoms with Gasteiger partial charge in [-0.2, -0.15) is 5.10 Å². The first-order valence-corrected chi connectivity index (χ1v) is 6.10. The molecule has 0 radical (unpaired) electrons. The Hall–Kier alpha value is -1.62. The summed E-state index contributed by atoms with van der Waals surface area (Å²) in [7, 11) is 1.82. The summed E-state index contributed by atoms with van der Waals surface area (Å²) >= 11 is 0. The fourth-order valence-electron chi connectivity index (χ4n) is 1.66. The van der Waals surface area contributed by atoms with Crippen molar-refractivity contribution >= 4 is 12.0 Å². The summed E-state index contributed by atoms with van der Waals surface area (Å²) in [5.74, 6) is -0.213. The molecule has 0 aliphatic carbocycles. The molecule has 0 spiro atoms. The highest BCUT2D eigenvalue weighted by Crippen LogP contribution is 2.09. The van der Waals surface area contributed by atoms with Crippen LogP contribution in [0, 0.1) is 0 Å². The van der Waals surface area contributed by atoms with Crippen LogP contribution < -0.4 is 5.32 Å². The zero-order valence-corrected chi connectivity index (χ0v) is 11.2. The molecule has 5 heteroatoms. The summed E-state index contributed by atoms with van der Waals surface area (Å²) in [5, 5.41) is 16.6. The van der Waals surface area contributed by atoms with Crippen molar-refractivity contribution in [3.8, 4) is 0 Å². The molecule has 1 aromatic heterocycles. The first kappa shape index (κ1) is 14.4. The van der Waals surface area contributed by atoms with Gasteiger partial charge in [0.2, 0.25) is 5.91 Å². The second-order valence-corrected chi connectivity index (χ2v) is 4.75. The molecule has 100 valence electrons. The number of carbonyl (C=O) groups is 1. The zero-order valence-electron chi connectivity index (χ0n) is 11.2. The molecule has 0 saturated heterocycles. The minimum Gasteiger partial charge on any atom is -0.388 e. The van der Waals surface area contributed by atoms with E-state index in [4.69, 9.17) is 0 Å². The lowest BCUT2D eigenvalue weighted by Crippen LogP contribution is -2.39. The van der Waals surface area contributed by atoms with E-state index in [1.807, 2.05) is 20.2 Å². The number of rotatable bonds is 6. The number of carbonyl (C=O) groups excluding carboxylic acids is 1. The van der Waals surface area contributed by atoms with Crippen LogP contribution >= 0.6 is 0 Å². The molecule has 18 heavy (non-hydrogen) atoms. The highest BCUT2D eigenvalue weighted by atomic mass is 16.3. The molecule has 5 nitrogen and oxygen atoms in total. The molecule has 2 N–H and O–H groups in total. The first-order valence-electron chi connectivity index (χ1n) is 6.10. The van der Waals surface area contributed by atoms with Crippen LogP contribution in [0.1, 0.15) is 32.3 Å². The number of amides is 1. The van der Waals surface area contributed by atoms with Gasteiger partial charge in [-0.25, -0.2) is 0 Å². The second kappa shape index (κ2) is 6.35. The van der Waals surface area contributed by atoms with E-state index in [0.29, 0.717) is 6.42 Å². The van der Waals surface area contributed by atoms with E-state index in [-0.39, 0.29) is 12.5 Å². The third-order valence-corrected chi connectivity index (χ3v) is 2.58. The predicted octanol–water partition coefficient (Wildman–Crippen LogP) is 1.10. The lowest BCUT2D eigenvalue weighted by Gasteiger charge is -2.22. The van der Waals surface area contributed by atoms with Crippen LogP contribution in [0.4, 0.5) is 0 Å². The van der Waals surface area contributed by atoms with Crippen molar-refractivity contribution in [2.45, 2.75) is 32.3 Å². The van der Waals surface area contributed by atoms with E-state index < -0.39 is 5.60 Å². The Morgan fingerprint density at radius 1 is 1.67 bits per heavy atom. The van der Waals surface area contributed by atoms with E-state index >= 15 is 0 Å². The van der Waals surface area contributed by atoms with Crippen LogP contribution in [0.3, 0.4) is 0 Å². The smallest absolute Gasteiger partial charge is 0.244 e. The predicted molar refractivity (Wildman–Crippen MR) is 70.8 cm³/mol. The van der Waals surface area contributed by atoms with E-state index in [2.05, 4.69) is 10.4 Å². The number of aryl methyl sites for hydroxylation is 1. The lowest BCUT2D eigenvalue weighted by atomic mass is 10.0. The first-order chi connectivity index (χ1) is 8.43. The summed E-state index contributed by atoms with van der Waals surface area (Å²) in [5.41, 5.74) is 0.0278. The monoisotopic (exact) mass is 251 g/mol. The molecule has 0 aromatic carbocycles. The molecule has 0 aliphatic rings. The highest BCUT2D eigenvalue weighted by Gasteiger charge is 2.18. The van der Waals surface area contributed by atoms with Crippen molar-refractivity contribution in [3.05, 3.63) is 24.0 Å². The molecule has 1 atom stereocenters. The fourth-order valence-corrected chi connectivity index (χ4v) is 1.66. The number of nitrogens with one attached hydrogen (secondary N) is 1. The number of nitrogens with zero attached hydrogens (tertiary/aromatic N) is 2. The summed E-state index contributed by atoms with van der Waals surface area (Å²) in [6.07, 6.45) is 8.18. The van der Waals surface area contributed by atoms with E-state index in [1.165, 1.54) is 6.08 Å². The second-order valence-electron chi connectivity index (χ2n) is 4.75. The molecule has 0 bridgehead atoms. The third-order valence-electron chi connectivity index (χ3n) is 2.58. The van der Waals surface area contributed by atoms with Crippen molar-refractivity contribution in [2.75, 3.05) is 6.54 Å². The van der Waals surface area contributed by atoms with E-state index in [9.17, 15) is 9.90 Å². The Morgan fingerprint density at radius 2 is 2.39 bits per heavy atom. The number of hydrogen-bond acceptors (Lipinski definition) is 3. The molecular formula is C13H21N3O2. The SMILES string of the molecule is CCCC(C)(O)CNC(=O)/C=C/c1cnn(C)c1. The zero-order chi connectivity index (χ0) is 13.6. The van der Waals surface area contributed by atoms with Crippen LogP contribution in [-0.4, -0.2) is 32.9 Å². The van der Waals surface area contributed by atoms with Gasteiger partial charge in [-0.15, -0.1) is 0 Å². The lowest BCUT2D eigenvalue weighted by molar-refractivity contribution is -0.117. The summed E-state index contributed by atoms with van der Waals surface area (Å²) < 4.78 is 1.67. The molecular weight excluding hydrogens is 230 g/mol. The van der Waals surface area contributed by atoms with Crippen LogP contribution in [0.15, 0.2) is 18.5 Å². The van der Waals surface area contributed by atoms with Gasteiger partial charge < -0.3 is 10.4 Å². The van der Waals surface area contributed by atoms with Gasteiger partial charge in [0, 0.05) is 31.4 Å². The largest absolute Gasteiger partial charge is 0.388 e. The van der Waals surface area contributed by atoms with Gasteiger partial charge in [-0.3, -0.25) is 9.48 Å². The number of hydrogen-bond donors (Lipinski definition) is 2. The molecule has 0 fully saturated rings. The molecule has 1 amide bonds. The Balaban J connectivity index is 2.40. The maximum Gasteiger partial charge on any atom is 0.244 e. The van der Waals surface area contributed by atoms with Crippen LogP contribution in [0.2, 0.25) is 0 Å². The van der Waals surface area contributed by atoms with Gasteiger partial charge in [0.05, 0.1) is 11.8 Å². The van der Waals surface area contributed by atoms with Gasteiger partial charge in [0.25, 0.3) is 0 Å². The minimum atomic E-state index is -0.841. The summed E-state index contributed by atoms with van der Waals surface area (Å²) in [6.45, 7) is 3.98. The standard InChI is InChI=1S/C13H21N3O2/c1-4-7-13(2,18)10-14-12(17)6-5-11-8-15-16(3)9-11/h5-6,8-9,18H,4,7,10H2,1-3H3,(H,14,17)/b6-5+. The van der Waals surface area contributed by atoms with Crippen LogP contribution in [0.25, 0.3) is 6.08 Å². The average molecular weight is 251 g/mol. The van der Waals surface area contributed by atoms with E-state index in [0.717, 1.165) is 12.0 Å². The van der Waals surface area contributed by atoms with Crippen molar-refractivity contribution in [3.63, 3.8) is 0 Å². The van der Waals surface area contributed by atoms with Crippen LogP contribution in [0.5, 0.6) is 0 Å². The average Bonchev–Trinajstić information content (AvgIpc) is 2.70. The normalized spacial score (nSPS) is 14.7. The van der Waals surface area contributed by atoms with Gasteiger partial charge in [0.15, 0.2) is 0 Å². The Kier molecular flexibility index (Phi) is 5.09. The maximum atomic E-state index is 11.5. The number of aliphatic hydroxyl groups is 1. The third kappa shape index (κ3) is 5.14. The van der Waals surface area contributed by atoms with Gasteiger partial charge in [-0.05, 0) is 19.4 Å². The topological polar surface area (TPSA) is 67.2 Å². The van der Waals surface area contributed by atoms with Gasteiger partial charge >= 0.3 is 0 Å². The molecule has 1 aromatic rings. The fraction of sp³-hybridized carbons (Fsp3) is 0.538. The van der Waals surface area contributed by atoms with Crippen molar-refractivity contribution < 1.29 is 9.90 Å². The van der Waals surface area contributed by atoms with Crippen molar-refractivity contribution in [1.29, 1.82) is 0 Å². The maximum absolute atomic E-state index is 11.5. The van der Waals surface area contributed by atoms with Gasteiger partial charge in [-0.1, -0.05) is 13.3 Å². The van der Waals surface area contributed by atoms with Crippen molar-refractivity contribution in [2.24, 2.45) is 7.05 Å². The molecule has 1 heterocycles.